The first-order chi connectivity index (χ1) is 10.3. The fourth-order valence-electron chi connectivity index (χ4n) is 3.45. The van der Waals surface area contributed by atoms with E-state index in [1.54, 1.807) is 0 Å². The summed E-state index contributed by atoms with van der Waals surface area (Å²) in [5.74, 6) is 1.62. The van der Waals surface area contributed by atoms with Crippen molar-refractivity contribution in [2.45, 2.75) is 64.8 Å². The Labute approximate surface area is 129 Å². The zero-order chi connectivity index (χ0) is 14.9. The largest absolute Gasteiger partial charge is 0.492 e. The van der Waals surface area contributed by atoms with E-state index in [0.29, 0.717) is 12.6 Å². The molecule has 1 aromatic heterocycles. The molecule has 1 unspecified atom stereocenters. The second-order valence-corrected chi connectivity index (χ2v) is 6.03. The predicted molar refractivity (Wildman–Crippen MR) is 87.6 cm³/mol. The lowest BCUT2D eigenvalue weighted by Crippen LogP contribution is -2.29. The summed E-state index contributed by atoms with van der Waals surface area (Å²) in [5.41, 5.74) is 1.29. The van der Waals surface area contributed by atoms with Crippen LogP contribution in [-0.2, 0) is 0 Å². The maximum atomic E-state index is 5.62. The lowest BCUT2D eigenvalue weighted by molar-refractivity contribution is 0.289. The van der Waals surface area contributed by atoms with Crippen molar-refractivity contribution in [3.63, 3.8) is 0 Å². The molecule has 118 valence electrons. The number of nitrogens with zero attached hydrogens (tertiary/aromatic N) is 1. The van der Waals surface area contributed by atoms with Crippen LogP contribution in [0.4, 0.5) is 0 Å². The van der Waals surface area contributed by atoms with Crippen molar-refractivity contribution in [1.29, 1.82) is 0 Å². The van der Waals surface area contributed by atoms with Crippen molar-refractivity contribution in [2.24, 2.45) is 5.92 Å². The average molecular weight is 290 g/mol. The summed E-state index contributed by atoms with van der Waals surface area (Å²) in [4.78, 5) is 4.38. The molecule has 1 fully saturated rings. The number of aromatic nitrogens is 1. The third-order valence-electron chi connectivity index (χ3n) is 4.45. The summed E-state index contributed by atoms with van der Waals surface area (Å²) in [7, 11) is 0. The molecule has 1 atom stereocenters. The van der Waals surface area contributed by atoms with Crippen LogP contribution in [-0.4, -0.2) is 18.1 Å². The molecular weight excluding hydrogens is 260 g/mol. The van der Waals surface area contributed by atoms with Crippen LogP contribution in [0.2, 0.25) is 0 Å². The third kappa shape index (κ3) is 4.99. The Balaban J connectivity index is 2.13. The first kappa shape index (κ1) is 16.3. The van der Waals surface area contributed by atoms with Gasteiger partial charge in [-0.3, -0.25) is 4.98 Å². The summed E-state index contributed by atoms with van der Waals surface area (Å²) in [6.45, 7) is 5.90. The minimum absolute atomic E-state index is 0.418. The van der Waals surface area contributed by atoms with Gasteiger partial charge in [-0.15, -0.1) is 0 Å². The van der Waals surface area contributed by atoms with E-state index in [-0.39, 0.29) is 0 Å². The maximum absolute atomic E-state index is 5.62. The third-order valence-corrected chi connectivity index (χ3v) is 4.45. The zero-order valence-electron chi connectivity index (χ0n) is 13.6. The molecule has 1 aliphatic rings. The van der Waals surface area contributed by atoms with Crippen LogP contribution in [0.3, 0.4) is 0 Å². The molecule has 0 saturated heterocycles. The van der Waals surface area contributed by atoms with Crippen molar-refractivity contribution in [3.8, 4) is 5.75 Å². The highest BCUT2D eigenvalue weighted by molar-refractivity contribution is 5.26. The number of pyridine rings is 1. The van der Waals surface area contributed by atoms with Crippen LogP contribution in [0.25, 0.3) is 0 Å². The van der Waals surface area contributed by atoms with Crippen molar-refractivity contribution < 1.29 is 4.74 Å². The molecule has 0 spiro atoms. The molecule has 3 heteroatoms. The van der Waals surface area contributed by atoms with Crippen molar-refractivity contribution in [2.75, 3.05) is 13.2 Å². The molecule has 0 bridgehead atoms. The highest BCUT2D eigenvalue weighted by Crippen LogP contribution is 2.33. The van der Waals surface area contributed by atoms with Gasteiger partial charge >= 0.3 is 0 Å². The van der Waals surface area contributed by atoms with Gasteiger partial charge in [-0.25, -0.2) is 0 Å². The minimum atomic E-state index is 0.418. The first-order valence-corrected chi connectivity index (χ1v) is 8.66. The Bertz CT molecular complexity index is 400. The summed E-state index contributed by atoms with van der Waals surface area (Å²) >= 11 is 0. The molecule has 21 heavy (non-hydrogen) atoms. The highest BCUT2D eigenvalue weighted by atomic mass is 16.5. The van der Waals surface area contributed by atoms with E-state index in [4.69, 9.17) is 4.74 Å². The van der Waals surface area contributed by atoms with Gasteiger partial charge in [-0.05, 0) is 43.9 Å². The topological polar surface area (TPSA) is 34.2 Å². The second-order valence-electron chi connectivity index (χ2n) is 6.03. The van der Waals surface area contributed by atoms with Gasteiger partial charge in [0.05, 0.1) is 12.8 Å². The van der Waals surface area contributed by atoms with E-state index >= 15 is 0 Å². The van der Waals surface area contributed by atoms with E-state index in [1.807, 2.05) is 19.3 Å². The van der Waals surface area contributed by atoms with Gasteiger partial charge in [0.25, 0.3) is 0 Å². The lowest BCUT2D eigenvalue weighted by atomic mass is 9.83. The van der Waals surface area contributed by atoms with Crippen LogP contribution < -0.4 is 10.1 Å². The molecule has 0 amide bonds. The highest BCUT2D eigenvalue weighted by Gasteiger charge is 2.23. The van der Waals surface area contributed by atoms with Gasteiger partial charge < -0.3 is 10.1 Å². The zero-order valence-corrected chi connectivity index (χ0v) is 13.6. The Morgan fingerprint density at radius 2 is 1.86 bits per heavy atom. The fourth-order valence-corrected chi connectivity index (χ4v) is 3.45. The van der Waals surface area contributed by atoms with Crippen LogP contribution in [0.5, 0.6) is 5.75 Å². The van der Waals surface area contributed by atoms with Crippen LogP contribution in [0, 0.1) is 5.92 Å². The van der Waals surface area contributed by atoms with Gasteiger partial charge in [0.1, 0.15) is 5.75 Å². The number of hydrogen-bond acceptors (Lipinski definition) is 3. The molecule has 1 saturated carbocycles. The smallest absolute Gasteiger partial charge is 0.137 e. The number of ether oxygens (including phenoxy) is 1. The standard InChI is InChI=1S/C18H30N2O/c1-3-20-18(15-10-8-6-5-7-9-11-15)16-12-17(21-4-2)14-19-13-16/h12-15,18,20H,3-11H2,1-2H3. The normalized spacial score (nSPS) is 18.8. The minimum Gasteiger partial charge on any atom is -0.492 e. The SMILES string of the molecule is CCNC(c1cncc(OCC)c1)C1CCCCCCC1. The Hall–Kier alpha value is -1.09. The molecule has 2 rings (SSSR count). The Morgan fingerprint density at radius 1 is 1.14 bits per heavy atom. The van der Waals surface area contributed by atoms with Gasteiger partial charge in [0, 0.05) is 12.2 Å². The maximum Gasteiger partial charge on any atom is 0.137 e. The summed E-state index contributed by atoms with van der Waals surface area (Å²) in [6, 6.07) is 2.59. The molecule has 0 aliphatic heterocycles. The Kier molecular flexibility index (Phi) is 7.01. The first-order valence-electron chi connectivity index (χ1n) is 8.66. The van der Waals surface area contributed by atoms with E-state index in [9.17, 15) is 0 Å². The second kappa shape index (κ2) is 9.04. The molecule has 1 aliphatic carbocycles. The quantitative estimate of drug-likeness (QED) is 0.838. The van der Waals surface area contributed by atoms with Crippen LogP contribution in [0.15, 0.2) is 18.5 Å². The van der Waals surface area contributed by atoms with Crippen LogP contribution in [0.1, 0.15) is 70.4 Å². The van der Waals surface area contributed by atoms with Gasteiger partial charge in [0.15, 0.2) is 0 Å². The number of nitrogens with one attached hydrogen (secondary N) is 1. The van der Waals surface area contributed by atoms with E-state index in [1.165, 1.54) is 50.5 Å². The van der Waals surface area contributed by atoms with Gasteiger partial charge in [-0.2, -0.15) is 0 Å². The number of hydrogen-bond donors (Lipinski definition) is 1. The summed E-state index contributed by atoms with van der Waals surface area (Å²) in [5, 5.41) is 3.69. The fraction of sp³-hybridized carbons (Fsp3) is 0.722. The lowest BCUT2D eigenvalue weighted by Gasteiger charge is -2.29. The Morgan fingerprint density at radius 3 is 2.52 bits per heavy atom. The predicted octanol–water partition coefficient (Wildman–Crippen LogP) is 4.49. The van der Waals surface area contributed by atoms with Crippen molar-refractivity contribution in [3.05, 3.63) is 24.0 Å². The van der Waals surface area contributed by atoms with Crippen molar-refractivity contribution in [1.82, 2.24) is 10.3 Å². The van der Waals surface area contributed by atoms with Gasteiger partial charge in [0.2, 0.25) is 0 Å². The molecule has 0 radical (unpaired) electrons. The molecule has 3 nitrogen and oxygen atoms in total. The van der Waals surface area contributed by atoms with E-state index in [2.05, 4.69) is 23.3 Å². The average Bonchev–Trinajstić information content (AvgIpc) is 2.46. The molecular formula is C18H30N2O. The monoisotopic (exact) mass is 290 g/mol. The number of rotatable bonds is 6. The van der Waals surface area contributed by atoms with Gasteiger partial charge in [-0.1, -0.05) is 39.0 Å². The van der Waals surface area contributed by atoms with E-state index < -0.39 is 0 Å². The summed E-state index contributed by atoms with van der Waals surface area (Å²) < 4.78 is 5.62. The van der Waals surface area contributed by atoms with Crippen molar-refractivity contribution >= 4 is 0 Å². The van der Waals surface area contributed by atoms with Crippen LogP contribution >= 0.6 is 0 Å². The van der Waals surface area contributed by atoms with E-state index in [0.717, 1.165) is 18.2 Å². The molecule has 1 N–H and O–H groups in total. The molecule has 1 heterocycles. The molecule has 1 aromatic rings. The molecule has 0 aromatic carbocycles. The summed E-state index contributed by atoms with van der Waals surface area (Å²) in [6.07, 6.45) is 13.4.